The number of imide groups is 1. The number of morpholine rings is 1. The molecule has 2 saturated heterocycles. The van der Waals surface area contributed by atoms with Crippen LogP contribution in [-0.2, 0) is 48.8 Å². The first kappa shape index (κ1) is 51.4. The Balaban J connectivity index is 0.823. The van der Waals surface area contributed by atoms with E-state index >= 15 is 0 Å². The van der Waals surface area contributed by atoms with Gasteiger partial charge in [0.05, 0.1) is 43.5 Å². The largest absolute Gasteiger partial charge is 0.494 e. The number of nitrogens with zero attached hydrogens (tertiary/aromatic N) is 4. The first-order valence-corrected chi connectivity index (χ1v) is 25.6. The number of anilines is 5. The van der Waals surface area contributed by atoms with E-state index in [-0.39, 0.29) is 48.7 Å². The fourth-order valence-electron chi connectivity index (χ4n) is 8.49. The molecule has 1 atom stereocenters. The van der Waals surface area contributed by atoms with Crippen LogP contribution in [0.1, 0.15) is 79.1 Å². The molecule has 0 saturated carbocycles. The third-order valence-corrected chi connectivity index (χ3v) is 13.8. The Morgan fingerprint density at radius 1 is 0.917 bits per heavy atom. The minimum absolute atomic E-state index is 0.00433. The number of nitrogens with one attached hydrogen (secondary N) is 6. The molecule has 6 N–H and O–H groups in total. The molecular weight excluding hydrogens is 941 g/mol. The van der Waals surface area contributed by atoms with Gasteiger partial charge in [0.2, 0.25) is 33.7 Å². The maximum Gasteiger partial charge on any atom is 0.255 e. The quantitative estimate of drug-likeness (QED) is 0.0393. The van der Waals surface area contributed by atoms with Crippen molar-refractivity contribution in [2.75, 3.05) is 62.0 Å². The van der Waals surface area contributed by atoms with Crippen LogP contribution in [-0.4, -0.2) is 109 Å². The van der Waals surface area contributed by atoms with E-state index in [1.54, 1.807) is 63.4 Å². The van der Waals surface area contributed by atoms with Crippen LogP contribution in [0.25, 0.3) is 0 Å². The zero-order valence-corrected chi connectivity index (χ0v) is 41.8. The Morgan fingerprint density at radius 3 is 2.44 bits per heavy atom. The van der Waals surface area contributed by atoms with Crippen LogP contribution >= 0.6 is 0 Å². The van der Waals surface area contributed by atoms with Crippen molar-refractivity contribution in [1.82, 2.24) is 35.1 Å². The van der Waals surface area contributed by atoms with E-state index in [1.165, 1.54) is 10.5 Å². The summed E-state index contributed by atoms with van der Waals surface area (Å²) in [7, 11) is -3.73. The zero-order valence-electron chi connectivity index (χ0n) is 41.0. The Kier molecular flexibility index (Phi) is 16.5. The molecule has 380 valence electrons. The second-order valence-corrected chi connectivity index (χ2v) is 20.7. The number of rotatable bonds is 20. The van der Waals surface area contributed by atoms with Gasteiger partial charge < -0.3 is 40.4 Å². The van der Waals surface area contributed by atoms with Gasteiger partial charge in [-0.25, -0.2) is 18.1 Å². The molecule has 4 aromatic carbocycles. The second-order valence-electron chi connectivity index (χ2n) is 19.0. The number of benzene rings is 4. The Hall–Kier alpha value is -6.97. The van der Waals surface area contributed by atoms with Gasteiger partial charge in [-0.1, -0.05) is 30.3 Å². The lowest BCUT2D eigenvalue weighted by molar-refractivity contribution is -0.132. The van der Waals surface area contributed by atoms with Gasteiger partial charge in [0.1, 0.15) is 30.0 Å². The van der Waals surface area contributed by atoms with Gasteiger partial charge in [0.15, 0.2) is 0 Å². The van der Waals surface area contributed by atoms with Gasteiger partial charge >= 0.3 is 0 Å². The van der Waals surface area contributed by atoms with Crippen molar-refractivity contribution in [3.63, 3.8) is 0 Å². The fraction of sp³-hybridized carbons (Fsp3) is 0.385. The highest BCUT2D eigenvalue weighted by molar-refractivity contribution is 7.89. The normalized spacial score (nSPS) is 16.4. The SMILES string of the molecule is Cc1cnc(Nc2ccc(OCCCNCC(=O)Nc3ccc4c(c3OCc3ccc(CN5CCOCC5)cc3)CN([C@H]3CCCC(=O)NC3=O)C4=O)cc2)nc1Nc1cccc(S(=O)(=O)NC(C)(C)C)c1. The average Bonchev–Trinajstić information content (AvgIpc) is 3.57. The minimum atomic E-state index is -3.73. The molecule has 0 bridgehead atoms. The lowest BCUT2D eigenvalue weighted by Crippen LogP contribution is -2.46. The Labute approximate surface area is 419 Å². The molecule has 20 heteroatoms. The second kappa shape index (κ2) is 23.1. The predicted molar refractivity (Wildman–Crippen MR) is 272 cm³/mol. The summed E-state index contributed by atoms with van der Waals surface area (Å²) in [6.45, 7) is 12.4. The Bertz CT molecular complexity index is 2870. The van der Waals surface area contributed by atoms with Crippen LogP contribution < -0.4 is 40.8 Å². The van der Waals surface area contributed by atoms with Crippen molar-refractivity contribution in [1.29, 1.82) is 0 Å². The highest BCUT2D eigenvalue weighted by atomic mass is 32.2. The van der Waals surface area contributed by atoms with E-state index in [1.807, 2.05) is 43.3 Å². The third-order valence-electron chi connectivity index (χ3n) is 12.1. The highest BCUT2D eigenvalue weighted by Crippen LogP contribution is 2.39. The van der Waals surface area contributed by atoms with E-state index in [0.717, 1.165) is 49.7 Å². The molecule has 4 amide bonds. The average molecular weight is 1000 g/mol. The van der Waals surface area contributed by atoms with Gasteiger partial charge in [-0.15, -0.1) is 0 Å². The number of amides is 4. The maximum atomic E-state index is 13.8. The summed E-state index contributed by atoms with van der Waals surface area (Å²) >= 11 is 0. The van der Waals surface area contributed by atoms with E-state index in [0.29, 0.717) is 78.2 Å². The lowest BCUT2D eigenvalue weighted by Gasteiger charge is -2.26. The third kappa shape index (κ3) is 13.7. The van der Waals surface area contributed by atoms with E-state index in [2.05, 4.69) is 58.3 Å². The minimum Gasteiger partial charge on any atom is -0.494 e. The smallest absolute Gasteiger partial charge is 0.255 e. The summed E-state index contributed by atoms with van der Waals surface area (Å²) in [5, 5.41) is 15.0. The topological polar surface area (TPSA) is 235 Å². The number of carbonyl (C=O) groups excluding carboxylic acids is 4. The number of ether oxygens (including phenoxy) is 3. The molecule has 0 aliphatic carbocycles. The lowest BCUT2D eigenvalue weighted by atomic mass is 10.1. The molecule has 2 fully saturated rings. The molecular formula is C52H62N10O9S. The molecule has 72 heavy (non-hydrogen) atoms. The highest BCUT2D eigenvalue weighted by Gasteiger charge is 2.40. The fourth-order valence-corrected chi connectivity index (χ4v) is 9.96. The van der Waals surface area contributed by atoms with E-state index < -0.39 is 27.5 Å². The van der Waals surface area contributed by atoms with Crippen LogP contribution in [0.15, 0.2) is 96.0 Å². The van der Waals surface area contributed by atoms with Crippen molar-refractivity contribution in [3.8, 4) is 11.5 Å². The van der Waals surface area contributed by atoms with E-state index in [4.69, 9.17) is 14.2 Å². The Morgan fingerprint density at radius 2 is 1.68 bits per heavy atom. The molecule has 8 rings (SSSR count). The first-order chi connectivity index (χ1) is 34.6. The summed E-state index contributed by atoms with van der Waals surface area (Å²) in [5.41, 5.74) is 4.84. The number of fused-ring (bicyclic) bond motifs is 1. The van der Waals surface area contributed by atoms with Crippen LogP contribution in [0.5, 0.6) is 11.5 Å². The van der Waals surface area contributed by atoms with Gasteiger partial charge in [0, 0.05) is 65.9 Å². The van der Waals surface area contributed by atoms with Crippen molar-refractivity contribution in [2.24, 2.45) is 0 Å². The summed E-state index contributed by atoms with van der Waals surface area (Å²) in [6.07, 6.45) is 3.32. The van der Waals surface area contributed by atoms with Crippen molar-refractivity contribution < 1.29 is 41.8 Å². The van der Waals surface area contributed by atoms with Crippen molar-refractivity contribution in [2.45, 2.75) is 89.6 Å². The number of aromatic nitrogens is 2. The molecule has 3 aliphatic heterocycles. The monoisotopic (exact) mass is 1000 g/mol. The van der Waals surface area contributed by atoms with Crippen LogP contribution in [0, 0.1) is 6.92 Å². The molecule has 5 aromatic rings. The molecule has 3 aliphatic rings. The number of carbonyl (C=O) groups is 4. The number of hydrogen-bond acceptors (Lipinski definition) is 15. The molecule has 0 radical (unpaired) electrons. The molecule has 1 aromatic heterocycles. The maximum absolute atomic E-state index is 13.8. The number of sulfonamides is 1. The van der Waals surface area contributed by atoms with Crippen molar-refractivity contribution >= 4 is 62.5 Å². The number of hydrogen-bond donors (Lipinski definition) is 6. The summed E-state index contributed by atoms with van der Waals surface area (Å²) < 4.78 is 46.4. The van der Waals surface area contributed by atoms with Gasteiger partial charge in [-0.3, -0.25) is 29.4 Å². The summed E-state index contributed by atoms with van der Waals surface area (Å²) in [5.74, 6) is 0.357. The molecule has 0 unspecified atom stereocenters. The molecule has 4 heterocycles. The zero-order chi connectivity index (χ0) is 50.8. The van der Waals surface area contributed by atoms with E-state index in [9.17, 15) is 27.6 Å². The summed E-state index contributed by atoms with van der Waals surface area (Å²) in [4.78, 5) is 65.3. The van der Waals surface area contributed by atoms with Crippen molar-refractivity contribution in [3.05, 3.63) is 119 Å². The number of aryl methyl sites for hydroxylation is 1. The standard InChI is InChI=1S/C52H62N10O9S/c1-34-29-54-51(59-48(34)55-38-8-5-9-40(28-38)72(67,68)60-52(2,3)4)56-37-16-18-39(19-17-37)70-25-7-22-53-30-46(64)57-43-21-20-41-42(32-62(50(41)66)44-10-6-11-45(63)58-49(44)65)47(43)71-33-36-14-12-35(13-15-36)31-61-23-26-69-27-24-61/h5,8-9,12-21,28-29,44,53,60H,6-7,10-11,22-27,30-33H2,1-4H3,(H,57,64)(H,58,63,65)(H2,54,55,56,59)/t44-/m0/s1. The first-order valence-electron chi connectivity index (χ1n) is 24.1. The van der Waals surface area contributed by atoms with Crippen LogP contribution in [0.3, 0.4) is 0 Å². The molecule has 0 spiro atoms. The molecule has 19 nitrogen and oxygen atoms in total. The predicted octanol–water partition coefficient (Wildman–Crippen LogP) is 5.91. The van der Waals surface area contributed by atoms with Crippen LogP contribution in [0.4, 0.5) is 28.8 Å². The van der Waals surface area contributed by atoms with Gasteiger partial charge in [0.25, 0.3) is 5.91 Å². The van der Waals surface area contributed by atoms with Gasteiger partial charge in [-0.05, 0) is 119 Å². The van der Waals surface area contributed by atoms with Crippen LogP contribution in [0.2, 0.25) is 0 Å². The summed E-state index contributed by atoms with van der Waals surface area (Å²) in [6, 6.07) is 24.5. The van der Waals surface area contributed by atoms with Gasteiger partial charge in [-0.2, -0.15) is 4.98 Å².